The Hall–Kier alpha value is -3.00. The monoisotopic (exact) mass is 441 g/mol. The van der Waals surface area contributed by atoms with E-state index in [0.717, 1.165) is 0 Å². The third-order valence-electron chi connectivity index (χ3n) is 4.20. The van der Waals surface area contributed by atoms with Crippen molar-refractivity contribution in [3.05, 3.63) is 93.2 Å². The summed E-state index contributed by atoms with van der Waals surface area (Å²) in [6, 6.07) is 18.9. The standard InChI is InChI=1S/C24H18Cl2FNO2/c1-2-29-23-13-17(10-18(14-28)20-8-3-4-9-21(20)25)12-22(26)24(23)30-15-16-6-5-7-19(27)11-16/h3-13H,2,15H2,1H3. The summed E-state index contributed by atoms with van der Waals surface area (Å²) in [7, 11) is 0. The summed E-state index contributed by atoms with van der Waals surface area (Å²) in [6.45, 7) is 2.38. The molecule has 0 aromatic heterocycles. The first-order chi connectivity index (χ1) is 14.5. The van der Waals surface area contributed by atoms with Crippen LogP contribution < -0.4 is 9.47 Å². The Balaban J connectivity index is 1.94. The van der Waals surface area contributed by atoms with E-state index in [9.17, 15) is 9.65 Å². The molecular weight excluding hydrogens is 424 g/mol. The van der Waals surface area contributed by atoms with Gasteiger partial charge in [-0.25, -0.2) is 4.39 Å². The zero-order chi connectivity index (χ0) is 21.5. The van der Waals surface area contributed by atoms with Crippen molar-refractivity contribution in [2.75, 3.05) is 6.61 Å². The van der Waals surface area contributed by atoms with E-state index >= 15 is 0 Å². The lowest BCUT2D eigenvalue weighted by molar-refractivity contribution is 0.269. The van der Waals surface area contributed by atoms with Gasteiger partial charge >= 0.3 is 0 Å². The lowest BCUT2D eigenvalue weighted by Crippen LogP contribution is -2.01. The van der Waals surface area contributed by atoms with Gasteiger partial charge in [0.2, 0.25) is 0 Å². The number of nitriles is 1. The summed E-state index contributed by atoms with van der Waals surface area (Å²) in [5, 5.41) is 10.4. The number of nitrogens with zero attached hydrogens (tertiary/aromatic N) is 1. The van der Waals surface area contributed by atoms with Crippen LogP contribution in [0.25, 0.3) is 11.6 Å². The van der Waals surface area contributed by atoms with Crippen LogP contribution in [0.4, 0.5) is 4.39 Å². The van der Waals surface area contributed by atoms with E-state index in [1.807, 2.05) is 13.0 Å². The van der Waals surface area contributed by atoms with E-state index in [0.29, 0.717) is 50.4 Å². The molecule has 152 valence electrons. The van der Waals surface area contributed by atoms with Crippen LogP contribution in [0.2, 0.25) is 10.0 Å². The lowest BCUT2D eigenvalue weighted by atomic mass is 10.0. The largest absolute Gasteiger partial charge is 0.490 e. The van der Waals surface area contributed by atoms with Gasteiger partial charge in [-0.05, 0) is 54.5 Å². The highest BCUT2D eigenvalue weighted by Crippen LogP contribution is 2.38. The molecule has 0 saturated heterocycles. The Morgan fingerprint density at radius 2 is 1.83 bits per heavy atom. The maximum Gasteiger partial charge on any atom is 0.180 e. The van der Waals surface area contributed by atoms with E-state index < -0.39 is 0 Å². The molecular formula is C24H18Cl2FNO2. The molecule has 0 aliphatic heterocycles. The molecule has 0 bridgehead atoms. The molecule has 30 heavy (non-hydrogen) atoms. The molecule has 0 spiro atoms. The molecule has 0 aliphatic carbocycles. The van der Waals surface area contributed by atoms with Crippen LogP contribution in [-0.2, 0) is 6.61 Å². The summed E-state index contributed by atoms with van der Waals surface area (Å²) >= 11 is 12.7. The molecule has 0 radical (unpaired) electrons. The first kappa shape index (κ1) is 21.7. The van der Waals surface area contributed by atoms with Crippen molar-refractivity contribution < 1.29 is 13.9 Å². The minimum absolute atomic E-state index is 0.135. The minimum Gasteiger partial charge on any atom is -0.490 e. The fraction of sp³-hybridized carbons (Fsp3) is 0.125. The van der Waals surface area contributed by atoms with Gasteiger partial charge in [-0.15, -0.1) is 0 Å². The Morgan fingerprint density at radius 3 is 2.53 bits per heavy atom. The molecule has 3 rings (SSSR count). The topological polar surface area (TPSA) is 42.2 Å². The number of ether oxygens (including phenoxy) is 2. The number of halogens is 3. The predicted octanol–water partition coefficient (Wildman–Crippen LogP) is 7.17. The summed E-state index contributed by atoms with van der Waals surface area (Å²) < 4.78 is 24.9. The second-order valence-electron chi connectivity index (χ2n) is 6.33. The lowest BCUT2D eigenvalue weighted by Gasteiger charge is -2.15. The van der Waals surface area contributed by atoms with E-state index in [2.05, 4.69) is 6.07 Å². The van der Waals surface area contributed by atoms with Crippen molar-refractivity contribution >= 4 is 34.9 Å². The highest BCUT2D eigenvalue weighted by Gasteiger charge is 2.14. The molecule has 0 saturated carbocycles. The van der Waals surface area contributed by atoms with Gasteiger partial charge in [0.05, 0.1) is 23.3 Å². The van der Waals surface area contributed by atoms with Crippen LogP contribution in [0.15, 0.2) is 60.7 Å². The van der Waals surface area contributed by atoms with Gasteiger partial charge in [-0.1, -0.05) is 53.5 Å². The summed E-state index contributed by atoms with van der Waals surface area (Å²) in [6.07, 6.45) is 1.69. The molecule has 0 amide bonds. The van der Waals surface area contributed by atoms with Crippen molar-refractivity contribution in [3.63, 3.8) is 0 Å². The molecule has 0 unspecified atom stereocenters. The van der Waals surface area contributed by atoms with Crippen molar-refractivity contribution in [2.24, 2.45) is 0 Å². The van der Waals surface area contributed by atoms with Gasteiger partial charge < -0.3 is 9.47 Å². The molecule has 3 aromatic rings. The molecule has 0 heterocycles. The molecule has 0 atom stereocenters. The first-order valence-electron chi connectivity index (χ1n) is 9.22. The average molecular weight is 442 g/mol. The third-order valence-corrected chi connectivity index (χ3v) is 4.81. The van der Waals surface area contributed by atoms with E-state index in [1.54, 1.807) is 48.5 Å². The maximum absolute atomic E-state index is 13.4. The molecule has 3 nitrogen and oxygen atoms in total. The van der Waals surface area contributed by atoms with Crippen LogP contribution in [0.5, 0.6) is 11.5 Å². The number of allylic oxidation sites excluding steroid dienone is 1. The Morgan fingerprint density at radius 1 is 1.03 bits per heavy atom. The highest BCUT2D eigenvalue weighted by atomic mass is 35.5. The molecule has 0 fully saturated rings. The van der Waals surface area contributed by atoms with Gasteiger partial charge in [0.1, 0.15) is 12.4 Å². The number of hydrogen-bond donors (Lipinski definition) is 0. The van der Waals surface area contributed by atoms with E-state index in [1.165, 1.54) is 12.1 Å². The van der Waals surface area contributed by atoms with Crippen molar-refractivity contribution in [3.8, 4) is 17.6 Å². The third kappa shape index (κ3) is 5.33. The van der Waals surface area contributed by atoms with Gasteiger partial charge in [-0.2, -0.15) is 5.26 Å². The van der Waals surface area contributed by atoms with Crippen LogP contribution in [-0.4, -0.2) is 6.61 Å². The van der Waals surface area contributed by atoms with Crippen LogP contribution in [0, 0.1) is 17.1 Å². The zero-order valence-electron chi connectivity index (χ0n) is 16.2. The SMILES string of the molecule is CCOc1cc(C=C(C#N)c2ccccc2Cl)cc(Cl)c1OCc1cccc(F)c1. The molecule has 0 aliphatic rings. The normalized spacial score (nSPS) is 11.1. The van der Waals surface area contributed by atoms with E-state index in [4.69, 9.17) is 32.7 Å². The Bertz CT molecular complexity index is 1120. The summed E-state index contributed by atoms with van der Waals surface area (Å²) in [5.74, 6) is 0.455. The van der Waals surface area contributed by atoms with Gasteiger partial charge in [0, 0.05) is 10.6 Å². The van der Waals surface area contributed by atoms with Crippen LogP contribution >= 0.6 is 23.2 Å². The van der Waals surface area contributed by atoms with E-state index in [-0.39, 0.29) is 12.4 Å². The second kappa shape index (κ2) is 10.2. The smallest absolute Gasteiger partial charge is 0.180 e. The number of benzene rings is 3. The van der Waals surface area contributed by atoms with Crippen molar-refractivity contribution in [2.45, 2.75) is 13.5 Å². The number of hydrogen-bond acceptors (Lipinski definition) is 3. The fourth-order valence-corrected chi connectivity index (χ4v) is 3.38. The number of rotatable bonds is 7. The zero-order valence-corrected chi connectivity index (χ0v) is 17.7. The van der Waals surface area contributed by atoms with Crippen molar-refractivity contribution in [1.82, 2.24) is 0 Å². The molecule has 6 heteroatoms. The van der Waals surface area contributed by atoms with Crippen molar-refractivity contribution in [1.29, 1.82) is 5.26 Å². The quantitative estimate of drug-likeness (QED) is 0.288. The van der Waals surface area contributed by atoms with Gasteiger partial charge in [-0.3, -0.25) is 0 Å². The maximum atomic E-state index is 13.4. The minimum atomic E-state index is -0.337. The van der Waals surface area contributed by atoms with Gasteiger partial charge in [0.25, 0.3) is 0 Å². The average Bonchev–Trinajstić information content (AvgIpc) is 2.72. The summed E-state index contributed by atoms with van der Waals surface area (Å²) in [5.41, 5.74) is 2.36. The Labute approximate surface area is 184 Å². The molecule has 0 N–H and O–H groups in total. The van der Waals surface area contributed by atoms with Crippen LogP contribution in [0.1, 0.15) is 23.6 Å². The fourth-order valence-electron chi connectivity index (χ4n) is 2.87. The first-order valence-corrected chi connectivity index (χ1v) is 9.97. The van der Waals surface area contributed by atoms with Gasteiger partial charge in [0.15, 0.2) is 11.5 Å². The Kier molecular flexibility index (Phi) is 7.35. The molecule has 3 aromatic carbocycles. The predicted molar refractivity (Wildman–Crippen MR) is 118 cm³/mol. The highest BCUT2D eigenvalue weighted by molar-refractivity contribution is 6.33. The second-order valence-corrected chi connectivity index (χ2v) is 7.15. The summed E-state index contributed by atoms with van der Waals surface area (Å²) in [4.78, 5) is 0. The van der Waals surface area contributed by atoms with Crippen LogP contribution in [0.3, 0.4) is 0 Å².